The molecule has 0 heterocycles. The first kappa shape index (κ1) is 10.1. The SMILES string of the molecule is CCOCC(NC)C1C2C3CCC(C3)C21. The van der Waals surface area contributed by atoms with Crippen molar-refractivity contribution < 1.29 is 4.74 Å². The third-order valence-corrected chi connectivity index (χ3v) is 5.13. The smallest absolute Gasteiger partial charge is 0.0622 e. The van der Waals surface area contributed by atoms with Gasteiger partial charge in [-0.3, -0.25) is 0 Å². The van der Waals surface area contributed by atoms with E-state index in [1.807, 2.05) is 0 Å². The topological polar surface area (TPSA) is 21.3 Å². The van der Waals surface area contributed by atoms with Gasteiger partial charge in [-0.25, -0.2) is 0 Å². The zero-order valence-corrected chi connectivity index (χ0v) is 9.91. The Hall–Kier alpha value is -0.0800. The Kier molecular flexibility index (Phi) is 2.52. The summed E-state index contributed by atoms with van der Waals surface area (Å²) in [4.78, 5) is 0. The number of likely N-dealkylation sites (N-methyl/N-ethyl adjacent to an activating group) is 1. The van der Waals surface area contributed by atoms with Crippen LogP contribution in [-0.2, 0) is 4.74 Å². The Labute approximate surface area is 92.8 Å². The summed E-state index contributed by atoms with van der Waals surface area (Å²) in [5.41, 5.74) is 0. The minimum Gasteiger partial charge on any atom is -0.380 e. The standard InChI is InChI=1S/C13H23NO/c1-3-15-7-10(14-2)13-11-8-4-5-9(6-8)12(11)13/h8-14H,3-7H2,1-2H3. The summed E-state index contributed by atoms with van der Waals surface area (Å²) in [5, 5.41) is 3.47. The maximum atomic E-state index is 5.58. The van der Waals surface area contributed by atoms with E-state index >= 15 is 0 Å². The Bertz CT molecular complexity index is 227. The maximum Gasteiger partial charge on any atom is 0.0622 e. The van der Waals surface area contributed by atoms with Crippen LogP contribution in [0.5, 0.6) is 0 Å². The van der Waals surface area contributed by atoms with Gasteiger partial charge in [-0.2, -0.15) is 0 Å². The van der Waals surface area contributed by atoms with E-state index in [0.717, 1.165) is 42.8 Å². The Morgan fingerprint density at radius 1 is 1.27 bits per heavy atom. The van der Waals surface area contributed by atoms with Crippen LogP contribution in [0.25, 0.3) is 0 Å². The van der Waals surface area contributed by atoms with E-state index in [-0.39, 0.29) is 0 Å². The molecular formula is C13H23NO. The molecule has 3 aliphatic carbocycles. The highest BCUT2D eigenvalue weighted by atomic mass is 16.5. The van der Waals surface area contributed by atoms with Crippen LogP contribution >= 0.6 is 0 Å². The molecule has 3 fully saturated rings. The molecule has 0 radical (unpaired) electrons. The summed E-state index contributed by atoms with van der Waals surface area (Å²) < 4.78 is 5.58. The van der Waals surface area contributed by atoms with Gasteiger partial charge in [0.15, 0.2) is 0 Å². The monoisotopic (exact) mass is 209 g/mol. The van der Waals surface area contributed by atoms with E-state index in [0.29, 0.717) is 6.04 Å². The molecule has 0 aromatic heterocycles. The second kappa shape index (κ2) is 3.74. The summed E-state index contributed by atoms with van der Waals surface area (Å²) in [6.07, 6.45) is 4.59. The van der Waals surface area contributed by atoms with Crippen molar-refractivity contribution in [3.05, 3.63) is 0 Å². The van der Waals surface area contributed by atoms with Gasteiger partial charge in [0.1, 0.15) is 0 Å². The molecule has 86 valence electrons. The van der Waals surface area contributed by atoms with Crippen molar-refractivity contribution in [2.75, 3.05) is 20.3 Å². The fourth-order valence-corrected chi connectivity index (χ4v) is 4.56. The minimum absolute atomic E-state index is 0.628. The predicted molar refractivity (Wildman–Crippen MR) is 60.6 cm³/mol. The highest BCUT2D eigenvalue weighted by molar-refractivity contribution is 5.15. The third-order valence-electron chi connectivity index (χ3n) is 5.13. The largest absolute Gasteiger partial charge is 0.380 e. The number of hydrogen-bond acceptors (Lipinski definition) is 2. The number of rotatable bonds is 5. The summed E-state index contributed by atoms with van der Waals surface area (Å²) in [7, 11) is 2.10. The Morgan fingerprint density at radius 3 is 2.47 bits per heavy atom. The van der Waals surface area contributed by atoms with Crippen LogP contribution in [-0.4, -0.2) is 26.3 Å². The number of hydrogen-bond donors (Lipinski definition) is 1. The van der Waals surface area contributed by atoms with E-state index in [9.17, 15) is 0 Å². The van der Waals surface area contributed by atoms with Gasteiger partial charge in [-0.15, -0.1) is 0 Å². The molecular weight excluding hydrogens is 186 g/mol. The Morgan fingerprint density at radius 2 is 1.93 bits per heavy atom. The fraction of sp³-hybridized carbons (Fsp3) is 1.00. The molecule has 15 heavy (non-hydrogen) atoms. The molecule has 0 aliphatic heterocycles. The molecule has 0 aromatic carbocycles. The van der Waals surface area contributed by atoms with Gasteiger partial charge in [0.05, 0.1) is 6.61 Å². The van der Waals surface area contributed by atoms with Crippen LogP contribution in [0.2, 0.25) is 0 Å². The highest BCUT2D eigenvalue weighted by Crippen LogP contribution is 2.70. The predicted octanol–water partition coefficient (Wildman–Crippen LogP) is 1.90. The van der Waals surface area contributed by atoms with Gasteiger partial charge in [0.2, 0.25) is 0 Å². The molecule has 0 amide bonds. The van der Waals surface area contributed by atoms with Crippen molar-refractivity contribution in [1.82, 2.24) is 5.32 Å². The van der Waals surface area contributed by atoms with Crippen LogP contribution in [0.4, 0.5) is 0 Å². The molecule has 1 N–H and O–H groups in total. The first-order valence-electron chi connectivity index (χ1n) is 6.61. The molecule has 5 unspecified atom stereocenters. The van der Waals surface area contributed by atoms with Crippen molar-refractivity contribution in [3.8, 4) is 0 Å². The van der Waals surface area contributed by atoms with E-state index in [1.54, 1.807) is 6.42 Å². The third kappa shape index (κ3) is 1.45. The van der Waals surface area contributed by atoms with Gasteiger partial charge in [0, 0.05) is 12.6 Å². The van der Waals surface area contributed by atoms with Crippen LogP contribution in [0.1, 0.15) is 26.2 Å². The van der Waals surface area contributed by atoms with Crippen LogP contribution in [0, 0.1) is 29.6 Å². The molecule has 0 spiro atoms. The van der Waals surface area contributed by atoms with Crippen molar-refractivity contribution in [1.29, 1.82) is 0 Å². The first-order chi connectivity index (χ1) is 7.36. The second-order valence-corrected chi connectivity index (χ2v) is 5.62. The van der Waals surface area contributed by atoms with Gasteiger partial charge in [-0.1, -0.05) is 0 Å². The van der Waals surface area contributed by atoms with E-state index < -0.39 is 0 Å². The van der Waals surface area contributed by atoms with Crippen molar-refractivity contribution >= 4 is 0 Å². The zero-order valence-electron chi connectivity index (χ0n) is 9.91. The Balaban J connectivity index is 1.60. The summed E-state index contributed by atoms with van der Waals surface area (Å²) in [5.74, 6) is 5.26. The molecule has 3 aliphatic rings. The van der Waals surface area contributed by atoms with Crippen molar-refractivity contribution in [2.24, 2.45) is 29.6 Å². The molecule has 0 aromatic rings. The molecule has 0 saturated heterocycles. The first-order valence-corrected chi connectivity index (χ1v) is 6.61. The summed E-state index contributed by atoms with van der Waals surface area (Å²) >= 11 is 0. The highest BCUT2D eigenvalue weighted by Gasteiger charge is 2.66. The average molecular weight is 209 g/mol. The lowest BCUT2D eigenvalue weighted by Gasteiger charge is -2.19. The van der Waals surface area contributed by atoms with Crippen LogP contribution < -0.4 is 5.32 Å². The molecule has 3 saturated carbocycles. The van der Waals surface area contributed by atoms with E-state index in [2.05, 4.69) is 19.3 Å². The molecule has 2 nitrogen and oxygen atoms in total. The lowest BCUT2D eigenvalue weighted by molar-refractivity contribution is 0.112. The summed E-state index contributed by atoms with van der Waals surface area (Å²) in [6, 6.07) is 0.628. The van der Waals surface area contributed by atoms with Gasteiger partial charge >= 0.3 is 0 Å². The summed E-state index contributed by atoms with van der Waals surface area (Å²) in [6.45, 7) is 3.86. The lowest BCUT2D eigenvalue weighted by atomic mass is 9.98. The van der Waals surface area contributed by atoms with Gasteiger partial charge in [0.25, 0.3) is 0 Å². The minimum atomic E-state index is 0.628. The number of ether oxygens (including phenoxy) is 1. The molecule has 2 bridgehead atoms. The number of nitrogens with one attached hydrogen (secondary N) is 1. The van der Waals surface area contributed by atoms with Crippen LogP contribution in [0.15, 0.2) is 0 Å². The molecule has 3 rings (SSSR count). The van der Waals surface area contributed by atoms with Crippen molar-refractivity contribution in [2.45, 2.75) is 32.2 Å². The van der Waals surface area contributed by atoms with Gasteiger partial charge in [-0.05, 0) is 62.8 Å². The van der Waals surface area contributed by atoms with Crippen LogP contribution in [0.3, 0.4) is 0 Å². The van der Waals surface area contributed by atoms with E-state index in [4.69, 9.17) is 4.74 Å². The molecule has 2 heteroatoms. The fourth-order valence-electron chi connectivity index (χ4n) is 4.56. The maximum absolute atomic E-state index is 5.58. The van der Waals surface area contributed by atoms with Crippen molar-refractivity contribution in [3.63, 3.8) is 0 Å². The second-order valence-electron chi connectivity index (χ2n) is 5.62. The zero-order chi connectivity index (χ0) is 10.4. The molecule has 5 atom stereocenters. The number of fused-ring (bicyclic) bond motifs is 5. The average Bonchev–Trinajstić information content (AvgIpc) is 2.70. The normalized spacial score (nSPS) is 48.0. The quantitative estimate of drug-likeness (QED) is 0.747. The van der Waals surface area contributed by atoms with Gasteiger partial charge < -0.3 is 10.1 Å². The van der Waals surface area contributed by atoms with E-state index in [1.165, 1.54) is 12.8 Å². The lowest BCUT2D eigenvalue weighted by Crippen LogP contribution is -2.34.